The van der Waals surface area contributed by atoms with Crippen molar-refractivity contribution >= 4 is 0 Å². The monoisotopic (exact) mass is 282 g/mol. The van der Waals surface area contributed by atoms with Crippen LogP contribution in [0.2, 0.25) is 0 Å². The first-order valence-corrected chi connectivity index (χ1v) is 7.57. The van der Waals surface area contributed by atoms with Crippen LogP contribution in [0.1, 0.15) is 18.5 Å². The zero-order valence-electron chi connectivity index (χ0n) is 12.5. The number of nitrogens with zero attached hydrogens (tertiary/aromatic N) is 1. The first-order chi connectivity index (χ1) is 10.3. The molecule has 1 heterocycles. The van der Waals surface area contributed by atoms with Crippen LogP contribution in [0.3, 0.4) is 0 Å². The second-order valence-corrected chi connectivity index (χ2v) is 5.44. The molecule has 110 valence electrons. The smallest absolute Gasteiger partial charge is 0.0608 e. The summed E-state index contributed by atoms with van der Waals surface area (Å²) >= 11 is 0. The fourth-order valence-corrected chi connectivity index (χ4v) is 2.64. The quantitative estimate of drug-likeness (QED) is 0.931. The standard InChI is InChI=1S/C18H22N2O/c1-15(19-20-11-13-21-14-12-20)16-7-9-18(10-8-16)17-5-3-2-4-6-17/h2-10,15,19H,11-14H2,1H3. The highest BCUT2D eigenvalue weighted by molar-refractivity contribution is 5.63. The summed E-state index contributed by atoms with van der Waals surface area (Å²) in [7, 11) is 0. The maximum Gasteiger partial charge on any atom is 0.0608 e. The van der Waals surface area contributed by atoms with E-state index >= 15 is 0 Å². The maximum atomic E-state index is 5.37. The molecule has 1 saturated heterocycles. The molecule has 0 bridgehead atoms. The van der Waals surface area contributed by atoms with Crippen molar-refractivity contribution in [2.45, 2.75) is 13.0 Å². The Balaban J connectivity index is 1.66. The van der Waals surface area contributed by atoms with E-state index in [9.17, 15) is 0 Å². The fraction of sp³-hybridized carbons (Fsp3) is 0.333. The number of morpholine rings is 1. The van der Waals surface area contributed by atoms with Crippen molar-refractivity contribution in [2.24, 2.45) is 0 Å². The number of hydrogen-bond donors (Lipinski definition) is 1. The molecule has 1 N–H and O–H groups in total. The molecule has 3 rings (SSSR count). The highest BCUT2D eigenvalue weighted by atomic mass is 16.5. The third-order valence-corrected chi connectivity index (χ3v) is 3.91. The molecule has 2 aromatic carbocycles. The third-order valence-electron chi connectivity index (χ3n) is 3.91. The number of nitrogens with one attached hydrogen (secondary N) is 1. The molecule has 1 atom stereocenters. The molecule has 1 fully saturated rings. The van der Waals surface area contributed by atoms with Crippen LogP contribution in [0.5, 0.6) is 0 Å². The Bertz CT molecular complexity index is 547. The topological polar surface area (TPSA) is 24.5 Å². The SMILES string of the molecule is CC(NN1CCOCC1)c1ccc(-c2ccccc2)cc1. The summed E-state index contributed by atoms with van der Waals surface area (Å²) in [5, 5.41) is 2.25. The van der Waals surface area contributed by atoms with Crippen molar-refractivity contribution in [1.29, 1.82) is 0 Å². The molecular formula is C18H22N2O. The van der Waals surface area contributed by atoms with Crippen LogP contribution < -0.4 is 5.43 Å². The third kappa shape index (κ3) is 3.70. The van der Waals surface area contributed by atoms with E-state index in [1.807, 2.05) is 6.07 Å². The molecule has 1 unspecified atom stereocenters. The van der Waals surface area contributed by atoms with E-state index in [-0.39, 0.29) is 0 Å². The average Bonchev–Trinajstić information content (AvgIpc) is 2.57. The number of rotatable bonds is 4. The van der Waals surface area contributed by atoms with Crippen molar-refractivity contribution in [3.63, 3.8) is 0 Å². The van der Waals surface area contributed by atoms with Crippen molar-refractivity contribution in [1.82, 2.24) is 10.4 Å². The van der Waals surface area contributed by atoms with Gasteiger partial charge in [-0.05, 0) is 23.6 Å². The number of ether oxygens (including phenoxy) is 1. The summed E-state index contributed by atoms with van der Waals surface area (Å²) in [5.41, 5.74) is 7.38. The Morgan fingerprint density at radius 2 is 1.52 bits per heavy atom. The lowest BCUT2D eigenvalue weighted by Crippen LogP contribution is -2.46. The first kappa shape index (κ1) is 14.3. The van der Waals surface area contributed by atoms with Gasteiger partial charge in [0, 0.05) is 19.1 Å². The van der Waals surface area contributed by atoms with Crippen LogP contribution >= 0.6 is 0 Å². The molecule has 3 heteroatoms. The van der Waals surface area contributed by atoms with Crippen molar-refractivity contribution in [2.75, 3.05) is 26.3 Å². The molecule has 1 aliphatic rings. The molecular weight excluding hydrogens is 260 g/mol. The highest BCUT2D eigenvalue weighted by Crippen LogP contribution is 2.21. The normalized spacial score (nSPS) is 17.6. The second kappa shape index (κ2) is 6.85. The molecule has 21 heavy (non-hydrogen) atoms. The van der Waals surface area contributed by atoms with Crippen LogP contribution in [-0.4, -0.2) is 31.3 Å². The summed E-state index contributed by atoms with van der Waals surface area (Å²) in [4.78, 5) is 0. The zero-order valence-corrected chi connectivity index (χ0v) is 12.5. The number of hydrazine groups is 1. The van der Waals surface area contributed by atoms with Gasteiger partial charge in [-0.2, -0.15) is 0 Å². The molecule has 0 aliphatic carbocycles. The minimum atomic E-state index is 0.313. The van der Waals surface area contributed by atoms with E-state index < -0.39 is 0 Å². The van der Waals surface area contributed by atoms with Crippen molar-refractivity contribution in [3.05, 3.63) is 60.2 Å². The fourth-order valence-electron chi connectivity index (χ4n) is 2.64. The molecule has 0 saturated carbocycles. The van der Waals surface area contributed by atoms with Gasteiger partial charge in [-0.3, -0.25) is 0 Å². The molecule has 0 spiro atoms. The largest absolute Gasteiger partial charge is 0.379 e. The lowest BCUT2D eigenvalue weighted by Gasteiger charge is -2.30. The predicted molar refractivity (Wildman–Crippen MR) is 85.8 cm³/mol. The van der Waals surface area contributed by atoms with Crippen molar-refractivity contribution < 1.29 is 4.74 Å². The Morgan fingerprint density at radius 3 is 2.19 bits per heavy atom. The highest BCUT2D eigenvalue weighted by Gasteiger charge is 2.13. The molecule has 2 aromatic rings. The summed E-state index contributed by atoms with van der Waals surface area (Å²) in [6, 6.07) is 19.6. The lowest BCUT2D eigenvalue weighted by atomic mass is 10.0. The Morgan fingerprint density at radius 1 is 0.905 bits per heavy atom. The molecule has 0 aromatic heterocycles. The second-order valence-electron chi connectivity index (χ2n) is 5.44. The summed E-state index contributed by atoms with van der Waals surface area (Å²) in [6.45, 7) is 5.73. The minimum absolute atomic E-state index is 0.313. The average molecular weight is 282 g/mol. The molecule has 3 nitrogen and oxygen atoms in total. The van der Waals surface area contributed by atoms with Gasteiger partial charge < -0.3 is 4.74 Å². The van der Waals surface area contributed by atoms with Crippen molar-refractivity contribution in [3.8, 4) is 11.1 Å². The summed E-state index contributed by atoms with van der Waals surface area (Å²) in [6.07, 6.45) is 0. The van der Waals surface area contributed by atoms with E-state index in [0.717, 1.165) is 26.3 Å². The minimum Gasteiger partial charge on any atom is -0.379 e. The van der Waals surface area contributed by atoms with Crippen LogP contribution in [0, 0.1) is 0 Å². The van der Waals surface area contributed by atoms with Gasteiger partial charge >= 0.3 is 0 Å². The molecule has 1 aliphatic heterocycles. The number of hydrogen-bond acceptors (Lipinski definition) is 3. The van der Waals surface area contributed by atoms with Gasteiger partial charge in [0.25, 0.3) is 0 Å². The van der Waals surface area contributed by atoms with Gasteiger partial charge in [-0.15, -0.1) is 0 Å². The maximum absolute atomic E-state index is 5.37. The Kier molecular flexibility index (Phi) is 4.65. The van der Waals surface area contributed by atoms with Crippen LogP contribution in [-0.2, 0) is 4.74 Å². The van der Waals surface area contributed by atoms with E-state index in [1.54, 1.807) is 0 Å². The Labute approximate surface area is 126 Å². The predicted octanol–water partition coefficient (Wildman–Crippen LogP) is 3.25. The van der Waals surface area contributed by atoms with Crippen LogP contribution in [0.4, 0.5) is 0 Å². The summed E-state index contributed by atoms with van der Waals surface area (Å²) in [5.74, 6) is 0. The van der Waals surface area contributed by atoms with Crippen LogP contribution in [0.15, 0.2) is 54.6 Å². The van der Waals surface area contributed by atoms with Gasteiger partial charge in [-0.1, -0.05) is 54.6 Å². The summed E-state index contributed by atoms with van der Waals surface area (Å²) < 4.78 is 5.37. The number of benzene rings is 2. The van der Waals surface area contributed by atoms with E-state index in [0.29, 0.717) is 6.04 Å². The molecule has 0 amide bonds. The first-order valence-electron chi connectivity index (χ1n) is 7.57. The Hall–Kier alpha value is -1.68. The van der Waals surface area contributed by atoms with Gasteiger partial charge in [-0.25, -0.2) is 10.4 Å². The molecule has 0 radical (unpaired) electrons. The van der Waals surface area contributed by atoms with Crippen LogP contribution in [0.25, 0.3) is 11.1 Å². The van der Waals surface area contributed by atoms with E-state index in [1.165, 1.54) is 16.7 Å². The van der Waals surface area contributed by atoms with Gasteiger partial charge in [0.15, 0.2) is 0 Å². The van der Waals surface area contributed by atoms with E-state index in [4.69, 9.17) is 4.74 Å². The van der Waals surface area contributed by atoms with Gasteiger partial charge in [0.05, 0.1) is 13.2 Å². The van der Waals surface area contributed by atoms with Gasteiger partial charge in [0.1, 0.15) is 0 Å². The van der Waals surface area contributed by atoms with E-state index in [2.05, 4.69) is 65.9 Å². The zero-order chi connectivity index (χ0) is 14.5. The van der Waals surface area contributed by atoms with Gasteiger partial charge in [0.2, 0.25) is 0 Å². The lowest BCUT2D eigenvalue weighted by molar-refractivity contribution is 0.00484.